The predicted octanol–water partition coefficient (Wildman–Crippen LogP) is 0.577. The number of sulfonamides is 1. The number of aromatic carboxylic acids is 1. The lowest BCUT2D eigenvalue weighted by molar-refractivity contribution is -0.118. The molecule has 1 aromatic carbocycles. The van der Waals surface area contributed by atoms with E-state index in [1.165, 1.54) is 25.1 Å². The number of nitrogens with zero attached hydrogens (tertiary/aromatic N) is 1. The molecule has 0 radical (unpaired) electrons. The first kappa shape index (κ1) is 20.0. The molecule has 142 valence electrons. The van der Waals surface area contributed by atoms with E-state index < -0.39 is 21.9 Å². The van der Waals surface area contributed by atoms with Gasteiger partial charge in [0.1, 0.15) is 5.69 Å². The lowest BCUT2D eigenvalue weighted by atomic mass is 10.1. The van der Waals surface area contributed by atoms with Crippen LogP contribution in [0.15, 0.2) is 47.5 Å². The molecule has 0 bridgehead atoms. The highest BCUT2D eigenvalue weighted by molar-refractivity contribution is 7.90. The number of amides is 2. The molecule has 0 saturated heterocycles. The van der Waals surface area contributed by atoms with Crippen LogP contribution >= 0.6 is 0 Å². The van der Waals surface area contributed by atoms with Gasteiger partial charge in [-0.3, -0.25) is 9.59 Å². The van der Waals surface area contributed by atoms with Crippen LogP contribution in [0.3, 0.4) is 0 Å². The van der Waals surface area contributed by atoms with E-state index >= 15 is 0 Å². The van der Waals surface area contributed by atoms with E-state index in [2.05, 4.69) is 10.3 Å². The van der Waals surface area contributed by atoms with E-state index in [-0.39, 0.29) is 22.1 Å². The van der Waals surface area contributed by atoms with Gasteiger partial charge in [-0.25, -0.2) is 22.9 Å². The van der Waals surface area contributed by atoms with Crippen LogP contribution in [0, 0.1) is 0 Å². The average molecular weight is 391 g/mol. The van der Waals surface area contributed by atoms with Gasteiger partial charge in [0.2, 0.25) is 5.91 Å². The Kier molecular flexibility index (Phi) is 6.24. The van der Waals surface area contributed by atoms with Gasteiger partial charge >= 0.3 is 5.97 Å². The molecule has 2 aromatic rings. The standard InChI is InChI=1S/C17H17N3O6S/c1-11(21)18-9-8-12-2-5-14(6-3-12)27(25,26)20-16(22)13-4-7-15(17(23)24)19-10-13/h2-7,10H,8-9H2,1H3,(H,18,21)(H,20,22)(H,23,24). The monoisotopic (exact) mass is 391 g/mol. The van der Waals surface area contributed by atoms with Crippen molar-refractivity contribution in [3.05, 3.63) is 59.4 Å². The normalized spacial score (nSPS) is 10.9. The fourth-order valence-corrected chi connectivity index (χ4v) is 3.09. The molecule has 27 heavy (non-hydrogen) atoms. The Morgan fingerprint density at radius 1 is 1.07 bits per heavy atom. The van der Waals surface area contributed by atoms with Gasteiger partial charge in [0, 0.05) is 19.7 Å². The fourth-order valence-electron chi connectivity index (χ4n) is 2.11. The molecular weight excluding hydrogens is 374 g/mol. The molecule has 0 aliphatic carbocycles. The van der Waals surface area contributed by atoms with Gasteiger partial charge in [-0.2, -0.15) is 0 Å². The summed E-state index contributed by atoms with van der Waals surface area (Å²) in [4.78, 5) is 37.1. The summed E-state index contributed by atoms with van der Waals surface area (Å²) in [7, 11) is -4.10. The predicted molar refractivity (Wildman–Crippen MR) is 94.7 cm³/mol. The van der Waals surface area contributed by atoms with Crippen LogP contribution < -0.4 is 10.0 Å². The Morgan fingerprint density at radius 3 is 2.26 bits per heavy atom. The largest absolute Gasteiger partial charge is 0.477 e. The maximum absolute atomic E-state index is 12.3. The zero-order valence-electron chi connectivity index (χ0n) is 14.3. The molecule has 1 heterocycles. The quantitative estimate of drug-likeness (QED) is 0.626. The SMILES string of the molecule is CC(=O)NCCc1ccc(S(=O)(=O)NC(=O)c2ccc(C(=O)O)nc2)cc1. The smallest absolute Gasteiger partial charge is 0.354 e. The Balaban J connectivity index is 2.05. The van der Waals surface area contributed by atoms with Crippen molar-refractivity contribution in [3.63, 3.8) is 0 Å². The lowest BCUT2D eigenvalue weighted by Gasteiger charge is -2.08. The van der Waals surface area contributed by atoms with Crippen molar-refractivity contribution in [2.24, 2.45) is 0 Å². The van der Waals surface area contributed by atoms with E-state index in [1.807, 2.05) is 4.72 Å². The molecule has 3 N–H and O–H groups in total. The zero-order chi connectivity index (χ0) is 20.0. The van der Waals surface area contributed by atoms with Crippen LogP contribution in [0.2, 0.25) is 0 Å². The maximum Gasteiger partial charge on any atom is 0.354 e. The van der Waals surface area contributed by atoms with Crippen molar-refractivity contribution in [2.75, 3.05) is 6.54 Å². The van der Waals surface area contributed by atoms with E-state index in [0.29, 0.717) is 13.0 Å². The number of carboxylic acids is 1. The summed E-state index contributed by atoms with van der Waals surface area (Å²) in [5.74, 6) is -2.33. The molecule has 9 nitrogen and oxygen atoms in total. The number of carboxylic acid groups (broad SMARTS) is 1. The minimum atomic E-state index is -4.10. The number of aromatic nitrogens is 1. The highest BCUT2D eigenvalue weighted by Crippen LogP contribution is 2.12. The third-order valence-electron chi connectivity index (χ3n) is 3.49. The average Bonchev–Trinajstić information content (AvgIpc) is 2.61. The Bertz CT molecular complexity index is 953. The third kappa shape index (κ3) is 5.61. The molecule has 2 amide bonds. The van der Waals surface area contributed by atoms with Crippen molar-refractivity contribution >= 4 is 27.8 Å². The van der Waals surface area contributed by atoms with Gasteiger partial charge in [-0.05, 0) is 36.2 Å². The van der Waals surface area contributed by atoms with Crippen LogP contribution in [-0.4, -0.2) is 42.8 Å². The highest BCUT2D eigenvalue weighted by Gasteiger charge is 2.19. The molecule has 0 unspecified atom stereocenters. The van der Waals surface area contributed by atoms with Crippen LogP contribution in [0.5, 0.6) is 0 Å². The first-order valence-corrected chi connectivity index (χ1v) is 9.27. The topological polar surface area (TPSA) is 143 Å². The summed E-state index contributed by atoms with van der Waals surface area (Å²) in [6, 6.07) is 8.16. The number of hydrogen-bond donors (Lipinski definition) is 3. The summed E-state index contributed by atoms with van der Waals surface area (Å²) >= 11 is 0. The van der Waals surface area contributed by atoms with Crippen LogP contribution in [-0.2, 0) is 21.2 Å². The number of carbonyl (C=O) groups excluding carboxylic acids is 2. The number of nitrogens with one attached hydrogen (secondary N) is 2. The molecule has 0 spiro atoms. The number of hydrogen-bond acceptors (Lipinski definition) is 6. The van der Waals surface area contributed by atoms with Gasteiger partial charge in [0.05, 0.1) is 10.5 Å². The maximum atomic E-state index is 12.3. The number of pyridine rings is 1. The van der Waals surface area contributed by atoms with Crippen molar-refractivity contribution in [1.29, 1.82) is 0 Å². The first-order chi connectivity index (χ1) is 12.7. The van der Waals surface area contributed by atoms with Crippen LogP contribution in [0.4, 0.5) is 0 Å². The van der Waals surface area contributed by atoms with Crippen LogP contribution in [0.25, 0.3) is 0 Å². The Hall–Kier alpha value is -3.27. The highest BCUT2D eigenvalue weighted by atomic mass is 32.2. The van der Waals surface area contributed by atoms with Gasteiger partial charge in [0.15, 0.2) is 0 Å². The van der Waals surface area contributed by atoms with Crippen molar-refractivity contribution in [2.45, 2.75) is 18.2 Å². The molecule has 1 aromatic heterocycles. The summed E-state index contributed by atoms with van der Waals surface area (Å²) in [6.07, 6.45) is 1.52. The Labute approximate surface area is 155 Å². The van der Waals surface area contributed by atoms with E-state index in [4.69, 9.17) is 5.11 Å². The second-order valence-corrected chi connectivity index (χ2v) is 7.23. The van der Waals surface area contributed by atoms with Gasteiger partial charge in [-0.1, -0.05) is 12.1 Å². The van der Waals surface area contributed by atoms with Gasteiger partial charge in [0.25, 0.3) is 15.9 Å². The number of rotatable bonds is 7. The second kappa shape index (κ2) is 8.41. The molecule has 0 aliphatic rings. The molecule has 0 saturated carbocycles. The summed E-state index contributed by atoms with van der Waals surface area (Å²) in [5, 5.41) is 11.4. The summed E-state index contributed by atoms with van der Waals surface area (Å²) < 4.78 is 26.5. The first-order valence-electron chi connectivity index (χ1n) is 7.79. The van der Waals surface area contributed by atoms with Crippen molar-refractivity contribution in [1.82, 2.24) is 15.0 Å². The van der Waals surface area contributed by atoms with Crippen molar-refractivity contribution < 1.29 is 27.9 Å². The summed E-state index contributed by atoms with van der Waals surface area (Å²) in [5.41, 5.74) is 0.474. The van der Waals surface area contributed by atoms with Gasteiger partial charge < -0.3 is 10.4 Å². The number of carbonyl (C=O) groups is 3. The lowest BCUT2D eigenvalue weighted by Crippen LogP contribution is -2.30. The molecule has 0 atom stereocenters. The fraction of sp³-hybridized carbons (Fsp3) is 0.176. The second-order valence-electron chi connectivity index (χ2n) is 5.55. The van der Waals surface area contributed by atoms with E-state index in [9.17, 15) is 22.8 Å². The molecule has 0 fully saturated rings. The number of benzene rings is 1. The van der Waals surface area contributed by atoms with E-state index in [1.54, 1.807) is 12.1 Å². The minimum Gasteiger partial charge on any atom is -0.477 e. The third-order valence-corrected chi connectivity index (χ3v) is 4.84. The van der Waals surface area contributed by atoms with Gasteiger partial charge in [-0.15, -0.1) is 0 Å². The zero-order valence-corrected chi connectivity index (χ0v) is 15.1. The van der Waals surface area contributed by atoms with E-state index in [0.717, 1.165) is 17.8 Å². The minimum absolute atomic E-state index is 0.0875. The molecule has 2 rings (SSSR count). The van der Waals surface area contributed by atoms with Crippen molar-refractivity contribution in [3.8, 4) is 0 Å². The molecule has 10 heteroatoms. The molecule has 0 aliphatic heterocycles. The summed E-state index contributed by atoms with van der Waals surface area (Å²) in [6.45, 7) is 1.83. The van der Waals surface area contributed by atoms with Crippen LogP contribution in [0.1, 0.15) is 33.3 Å². The Morgan fingerprint density at radius 2 is 1.74 bits per heavy atom. The molecular formula is C17H17N3O6S.